The van der Waals surface area contributed by atoms with E-state index in [-0.39, 0.29) is 5.82 Å². The Morgan fingerprint density at radius 3 is 2.21 bits per heavy atom. The lowest BCUT2D eigenvalue weighted by Crippen LogP contribution is -2.50. The van der Waals surface area contributed by atoms with Crippen LogP contribution in [-0.2, 0) is 6.54 Å². The maximum absolute atomic E-state index is 12.9. The molecule has 0 bridgehead atoms. The first-order chi connectivity index (χ1) is 13.5. The Labute approximate surface area is 167 Å². The maximum atomic E-state index is 12.9. The average molecular weight is 387 g/mol. The van der Waals surface area contributed by atoms with Crippen LogP contribution in [0.2, 0.25) is 0 Å². The maximum Gasteiger partial charge on any atom is 0.123 e. The van der Waals surface area contributed by atoms with Gasteiger partial charge in [-0.1, -0.05) is 38.1 Å². The van der Waals surface area contributed by atoms with Crippen LogP contribution in [-0.4, -0.2) is 53.9 Å². The minimum absolute atomic E-state index is 0.277. The largest absolute Gasteiger partial charge is 0.493 e. The fourth-order valence-electron chi connectivity index (χ4n) is 3.48. The zero-order valence-electron chi connectivity index (χ0n) is 16.9. The molecule has 4 nitrogen and oxygen atoms in total. The molecule has 1 N–H and O–H groups in total. The van der Waals surface area contributed by atoms with Crippen LogP contribution in [0.25, 0.3) is 0 Å². The van der Waals surface area contributed by atoms with E-state index in [2.05, 4.69) is 47.9 Å². The number of benzene rings is 2. The summed E-state index contributed by atoms with van der Waals surface area (Å²) < 4.78 is 18.5. The van der Waals surface area contributed by atoms with Crippen LogP contribution >= 0.6 is 0 Å². The smallest absolute Gasteiger partial charge is 0.123 e. The highest BCUT2D eigenvalue weighted by molar-refractivity contribution is 5.24. The van der Waals surface area contributed by atoms with Crippen molar-refractivity contribution >= 4 is 0 Å². The van der Waals surface area contributed by atoms with Crippen LogP contribution in [0.5, 0.6) is 5.75 Å². The van der Waals surface area contributed by atoms with Crippen molar-refractivity contribution < 1.29 is 14.2 Å². The second-order valence-electron chi connectivity index (χ2n) is 7.78. The quantitative estimate of drug-likeness (QED) is 0.748. The number of hydrogen-bond acceptors (Lipinski definition) is 4. The van der Waals surface area contributed by atoms with E-state index in [0.29, 0.717) is 24.7 Å². The number of nitrogens with zero attached hydrogens (tertiary/aromatic N) is 2. The van der Waals surface area contributed by atoms with Crippen LogP contribution in [0.4, 0.5) is 4.39 Å². The Balaban J connectivity index is 1.37. The monoisotopic (exact) mass is 386 g/mol. The van der Waals surface area contributed by atoms with E-state index in [9.17, 15) is 9.50 Å². The van der Waals surface area contributed by atoms with Crippen molar-refractivity contribution in [2.45, 2.75) is 39.0 Å². The summed E-state index contributed by atoms with van der Waals surface area (Å²) in [5.74, 6) is 0.911. The molecule has 1 fully saturated rings. The van der Waals surface area contributed by atoms with Crippen molar-refractivity contribution in [2.24, 2.45) is 0 Å². The summed E-state index contributed by atoms with van der Waals surface area (Å²) >= 11 is 0. The van der Waals surface area contributed by atoms with Crippen molar-refractivity contribution in [3.8, 4) is 5.75 Å². The highest BCUT2D eigenvalue weighted by atomic mass is 19.1. The van der Waals surface area contributed by atoms with Gasteiger partial charge in [-0.2, -0.15) is 0 Å². The van der Waals surface area contributed by atoms with Crippen LogP contribution in [0.15, 0.2) is 48.5 Å². The van der Waals surface area contributed by atoms with Gasteiger partial charge in [0.2, 0.25) is 0 Å². The summed E-state index contributed by atoms with van der Waals surface area (Å²) in [6, 6.07) is 14.9. The normalized spacial score (nSPS) is 17.0. The van der Waals surface area contributed by atoms with Crippen molar-refractivity contribution in [1.82, 2.24) is 9.80 Å². The molecule has 1 heterocycles. The number of aliphatic hydroxyl groups is 1. The first kappa shape index (κ1) is 20.8. The lowest BCUT2D eigenvalue weighted by molar-refractivity contribution is -0.0368. The molecular weight excluding hydrogens is 355 g/mol. The molecule has 3 rings (SSSR count). The van der Waals surface area contributed by atoms with Crippen molar-refractivity contribution in [1.29, 1.82) is 0 Å². The second-order valence-corrected chi connectivity index (χ2v) is 7.78. The number of hydrogen-bond donors (Lipinski definition) is 1. The Bertz CT molecular complexity index is 710. The van der Waals surface area contributed by atoms with E-state index in [0.717, 1.165) is 32.7 Å². The van der Waals surface area contributed by atoms with Gasteiger partial charge in [-0.25, -0.2) is 4.39 Å². The van der Waals surface area contributed by atoms with Gasteiger partial charge in [-0.05, 0) is 41.3 Å². The van der Waals surface area contributed by atoms with Gasteiger partial charge in [0.1, 0.15) is 17.8 Å². The summed E-state index contributed by atoms with van der Waals surface area (Å²) in [7, 11) is 0. The lowest BCUT2D eigenvalue weighted by Gasteiger charge is -2.37. The molecule has 0 radical (unpaired) electrons. The van der Waals surface area contributed by atoms with E-state index in [1.165, 1.54) is 23.3 Å². The van der Waals surface area contributed by atoms with Gasteiger partial charge in [0.05, 0.1) is 6.61 Å². The number of aliphatic hydroxyl groups excluding tert-OH is 1. The summed E-state index contributed by atoms with van der Waals surface area (Å²) in [6.45, 7) is 9.38. The molecule has 1 aliphatic heterocycles. The molecule has 152 valence electrons. The second kappa shape index (κ2) is 10.0. The molecule has 2 aromatic carbocycles. The van der Waals surface area contributed by atoms with Gasteiger partial charge in [0.25, 0.3) is 0 Å². The number of ether oxygens (including phenoxy) is 1. The number of rotatable bonds is 8. The Hall–Kier alpha value is -1.95. The van der Waals surface area contributed by atoms with E-state index >= 15 is 0 Å². The topological polar surface area (TPSA) is 35.9 Å². The van der Waals surface area contributed by atoms with Crippen LogP contribution in [0.1, 0.15) is 37.3 Å². The standard InChI is InChI=1S/C23H31FN2O2/c1-18(2)20-5-3-19(4-6-20)17-25-12-14-26(15-13-25)23(27)11-16-28-22-9-7-21(24)8-10-22/h3-10,18,23,27H,11-17H2,1-2H3. The van der Waals surface area contributed by atoms with Gasteiger partial charge >= 0.3 is 0 Å². The zero-order valence-corrected chi connectivity index (χ0v) is 16.9. The SMILES string of the molecule is CC(C)c1ccc(CN2CCN(C(O)CCOc3ccc(F)cc3)CC2)cc1. The molecule has 1 saturated heterocycles. The third-order valence-electron chi connectivity index (χ3n) is 5.34. The zero-order chi connectivity index (χ0) is 19.9. The fourth-order valence-corrected chi connectivity index (χ4v) is 3.48. The van der Waals surface area contributed by atoms with E-state index in [4.69, 9.17) is 4.74 Å². The van der Waals surface area contributed by atoms with Gasteiger partial charge in [-0.3, -0.25) is 9.80 Å². The molecule has 0 aliphatic carbocycles. The van der Waals surface area contributed by atoms with Gasteiger partial charge in [-0.15, -0.1) is 0 Å². The molecule has 1 aliphatic rings. The van der Waals surface area contributed by atoms with Crippen molar-refractivity contribution in [2.75, 3.05) is 32.8 Å². The number of piperazine rings is 1. The van der Waals surface area contributed by atoms with Crippen LogP contribution < -0.4 is 4.74 Å². The van der Waals surface area contributed by atoms with E-state index in [1.807, 2.05) is 0 Å². The molecular formula is C23H31FN2O2. The third kappa shape index (κ3) is 6.03. The highest BCUT2D eigenvalue weighted by Crippen LogP contribution is 2.17. The summed E-state index contributed by atoms with van der Waals surface area (Å²) in [5, 5.41) is 10.4. The van der Waals surface area contributed by atoms with Gasteiger partial charge < -0.3 is 9.84 Å². The molecule has 28 heavy (non-hydrogen) atoms. The minimum atomic E-state index is -0.507. The molecule has 1 unspecified atom stereocenters. The van der Waals surface area contributed by atoms with Crippen LogP contribution in [0, 0.1) is 5.82 Å². The summed E-state index contributed by atoms with van der Waals surface area (Å²) in [4.78, 5) is 4.54. The fraction of sp³-hybridized carbons (Fsp3) is 0.478. The summed E-state index contributed by atoms with van der Waals surface area (Å²) in [6.07, 6.45) is 0.0292. The molecule has 2 aromatic rings. The van der Waals surface area contributed by atoms with Crippen molar-refractivity contribution in [3.05, 3.63) is 65.5 Å². The lowest BCUT2D eigenvalue weighted by atomic mass is 10.0. The van der Waals surface area contributed by atoms with Gasteiger partial charge in [0.15, 0.2) is 0 Å². The Morgan fingerprint density at radius 1 is 0.964 bits per heavy atom. The summed E-state index contributed by atoms with van der Waals surface area (Å²) in [5.41, 5.74) is 2.71. The minimum Gasteiger partial charge on any atom is -0.493 e. The van der Waals surface area contributed by atoms with Gasteiger partial charge in [0, 0.05) is 39.1 Å². The predicted molar refractivity (Wildman–Crippen MR) is 110 cm³/mol. The first-order valence-corrected chi connectivity index (χ1v) is 10.1. The third-order valence-corrected chi connectivity index (χ3v) is 5.34. The highest BCUT2D eigenvalue weighted by Gasteiger charge is 2.22. The molecule has 1 atom stereocenters. The Morgan fingerprint density at radius 2 is 1.61 bits per heavy atom. The molecule has 0 amide bonds. The van der Waals surface area contributed by atoms with Crippen LogP contribution in [0.3, 0.4) is 0 Å². The molecule has 5 heteroatoms. The molecule has 0 saturated carbocycles. The molecule has 0 aromatic heterocycles. The molecule has 0 spiro atoms. The first-order valence-electron chi connectivity index (χ1n) is 10.1. The Kier molecular flexibility index (Phi) is 7.43. The van der Waals surface area contributed by atoms with E-state index in [1.54, 1.807) is 12.1 Å². The van der Waals surface area contributed by atoms with E-state index < -0.39 is 6.23 Å². The average Bonchev–Trinajstić information content (AvgIpc) is 2.70. The predicted octanol–water partition coefficient (Wildman–Crippen LogP) is 3.85. The number of halogens is 1. The van der Waals surface area contributed by atoms with Crippen molar-refractivity contribution in [3.63, 3.8) is 0 Å².